The highest BCUT2D eigenvalue weighted by Crippen LogP contribution is 2.35. The maximum absolute atomic E-state index is 6.57. The number of rotatable bonds is 2. The van der Waals surface area contributed by atoms with Crippen LogP contribution in [0.3, 0.4) is 0 Å². The molecule has 2 aromatic rings. The molecule has 0 radical (unpaired) electrons. The molecular weight excluding hydrogens is 258 g/mol. The fourth-order valence-corrected chi connectivity index (χ4v) is 3.71. The van der Waals surface area contributed by atoms with Gasteiger partial charge in [-0.2, -0.15) is 0 Å². The molecule has 0 fully saturated rings. The van der Waals surface area contributed by atoms with Crippen molar-refractivity contribution in [3.8, 4) is 5.75 Å². The maximum Gasteiger partial charge on any atom is 0.122 e. The Morgan fingerprint density at radius 3 is 2.52 bits per heavy atom. The minimum Gasteiger partial charge on any atom is -0.493 e. The number of fused-ring (bicyclic) bond motifs is 2. The van der Waals surface area contributed by atoms with Gasteiger partial charge in [-0.3, -0.25) is 0 Å². The molecule has 1 atom stereocenters. The molecule has 0 spiro atoms. The van der Waals surface area contributed by atoms with Gasteiger partial charge in [0.15, 0.2) is 0 Å². The first-order valence-electron chi connectivity index (χ1n) is 7.89. The highest BCUT2D eigenvalue weighted by atomic mass is 16.5. The Balaban J connectivity index is 1.57. The molecule has 4 rings (SSSR count). The normalized spacial score (nSPS) is 18.7. The molecule has 0 saturated heterocycles. The minimum atomic E-state index is 0.115. The van der Waals surface area contributed by atoms with Gasteiger partial charge in [0.05, 0.1) is 6.61 Å². The van der Waals surface area contributed by atoms with Crippen molar-refractivity contribution in [3.05, 3.63) is 64.7 Å². The molecule has 0 bridgehead atoms. The Morgan fingerprint density at radius 1 is 1.00 bits per heavy atom. The summed E-state index contributed by atoms with van der Waals surface area (Å²) in [7, 11) is 0. The molecule has 2 N–H and O–H groups in total. The van der Waals surface area contributed by atoms with Crippen molar-refractivity contribution in [2.75, 3.05) is 6.61 Å². The molecule has 1 unspecified atom stereocenters. The highest BCUT2D eigenvalue weighted by molar-refractivity contribution is 5.41. The van der Waals surface area contributed by atoms with Gasteiger partial charge in [-0.05, 0) is 59.9 Å². The Hall–Kier alpha value is -1.80. The number of hydrogen-bond donors (Lipinski definition) is 1. The van der Waals surface area contributed by atoms with E-state index in [0.717, 1.165) is 38.0 Å². The fraction of sp³-hybridized carbons (Fsp3) is 0.368. The molecule has 0 amide bonds. The molecule has 2 aromatic carbocycles. The largest absolute Gasteiger partial charge is 0.493 e. The SMILES string of the molecule is NC(c1ccc2c(c1)CCCO2)C1Cc2ccccc2C1. The Morgan fingerprint density at radius 2 is 1.76 bits per heavy atom. The second-order valence-electron chi connectivity index (χ2n) is 6.28. The lowest BCUT2D eigenvalue weighted by atomic mass is 9.89. The third-order valence-electron chi connectivity index (χ3n) is 4.91. The van der Waals surface area contributed by atoms with E-state index in [4.69, 9.17) is 10.5 Å². The predicted molar refractivity (Wildman–Crippen MR) is 84.5 cm³/mol. The topological polar surface area (TPSA) is 35.2 Å². The Labute approximate surface area is 125 Å². The van der Waals surface area contributed by atoms with Crippen LogP contribution in [0.2, 0.25) is 0 Å². The second kappa shape index (κ2) is 5.19. The van der Waals surface area contributed by atoms with Gasteiger partial charge in [0.25, 0.3) is 0 Å². The second-order valence-corrected chi connectivity index (χ2v) is 6.28. The number of nitrogens with two attached hydrogens (primary N) is 1. The summed E-state index contributed by atoms with van der Waals surface area (Å²) in [5, 5.41) is 0. The van der Waals surface area contributed by atoms with Crippen LogP contribution in [-0.4, -0.2) is 6.61 Å². The van der Waals surface area contributed by atoms with Crippen molar-refractivity contribution in [3.63, 3.8) is 0 Å². The smallest absolute Gasteiger partial charge is 0.122 e. The number of benzene rings is 2. The molecule has 2 nitrogen and oxygen atoms in total. The van der Waals surface area contributed by atoms with Crippen molar-refractivity contribution < 1.29 is 4.74 Å². The molecule has 1 heterocycles. The van der Waals surface area contributed by atoms with Crippen LogP contribution in [0.4, 0.5) is 0 Å². The van der Waals surface area contributed by atoms with E-state index in [1.165, 1.54) is 22.3 Å². The lowest BCUT2D eigenvalue weighted by Crippen LogP contribution is -2.22. The van der Waals surface area contributed by atoms with Gasteiger partial charge in [0.2, 0.25) is 0 Å². The molecule has 2 aliphatic rings. The summed E-state index contributed by atoms with van der Waals surface area (Å²) >= 11 is 0. The first kappa shape index (κ1) is 12.9. The van der Waals surface area contributed by atoms with E-state index < -0.39 is 0 Å². The van der Waals surface area contributed by atoms with Crippen molar-refractivity contribution in [1.29, 1.82) is 0 Å². The van der Waals surface area contributed by atoms with Crippen molar-refractivity contribution in [1.82, 2.24) is 0 Å². The lowest BCUT2D eigenvalue weighted by molar-refractivity contribution is 0.288. The number of hydrogen-bond acceptors (Lipinski definition) is 2. The predicted octanol–water partition coefficient (Wildman–Crippen LogP) is 3.43. The van der Waals surface area contributed by atoms with E-state index >= 15 is 0 Å². The van der Waals surface area contributed by atoms with E-state index in [1.54, 1.807) is 0 Å². The molecule has 2 heteroatoms. The van der Waals surface area contributed by atoms with Crippen LogP contribution in [0.25, 0.3) is 0 Å². The van der Waals surface area contributed by atoms with Crippen LogP contribution < -0.4 is 10.5 Å². The highest BCUT2D eigenvalue weighted by Gasteiger charge is 2.27. The number of aryl methyl sites for hydroxylation is 1. The van der Waals surface area contributed by atoms with Gasteiger partial charge in [-0.25, -0.2) is 0 Å². The van der Waals surface area contributed by atoms with E-state index in [1.807, 2.05) is 0 Å². The van der Waals surface area contributed by atoms with Crippen LogP contribution in [0.5, 0.6) is 5.75 Å². The molecule has 21 heavy (non-hydrogen) atoms. The third-order valence-corrected chi connectivity index (χ3v) is 4.91. The average Bonchev–Trinajstić information content (AvgIpc) is 2.97. The van der Waals surface area contributed by atoms with Gasteiger partial charge < -0.3 is 10.5 Å². The monoisotopic (exact) mass is 279 g/mol. The van der Waals surface area contributed by atoms with Crippen molar-refractivity contribution >= 4 is 0 Å². The van der Waals surface area contributed by atoms with E-state index in [-0.39, 0.29) is 6.04 Å². The summed E-state index contributed by atoms with van der Waals surface area (Å²) in [6.07, 6.45) is 4.43. The first-order chi connectivity index (χ1) is 10.3. The summed E-state index contributed by atoms with van der Waals surface area (Å²) in [6, 6.07) is 15.4. The van der Waals surface area contributed by atoms with Gasteiger partial charge in [-0.15, -0.1) is 0 Å². The van der Waals surface area contributed by atoms with Gasteiger partial charge in [-0.1, -0.05) is 36.4 Å². The first-order valence-corrected chi connectivity index (χ1v) is 7.89. The molecule has 1 aliphatic carbocycles. The van der Waals surface area contributed by atoms with E-state index in [0.29, 0.717) is 5.92 Å². The van der Waals surface area contributed by atoms with Crippen molar-refractivity contribution in [2.24, 2.45) is 11.7 Å². The quantitative estimate of drug-likeness (QED) is 0.914. The minimum absolute atomic E-state index is 0.115. The van der Waals surface area contributed by atoms with Gasteiger partial charge in [0, 0.05) is 6.04 Å². The summed E-state index contributed by atoms with van der Waals surface area (Å²) in [5.74, 6) is 1.57. The summed E-state index contributed by atoms with van der Waals surface area (Å²) in [5.41, 5.74) is 12.1. The summed E-state index contributed by atoms with van der Waals surface area (Å²) in [4.78, 5) is 0. The zero-order chi connectivity index (χ0) is 14.2. The molecule has 1 aliphatic heterocycles. The molecule has 0 saturated carbocycles. The number of ether oxygens (including phenoxy) is 1. The van der Waals surface area contributed by atoms with Crippen LogP contribution in [0.1, 0.15) is 34.7 Å². The van der Waals surface area contributed by atoms with Gasteiger partial charge in [0.1, 0.15) is 5.75 Å². The van der Waals surface area contributed by atoms with Gasteiger partial charge >= 0.3 is 0 Å². The van der Waals surface area contributed by atoms with E-state index in [2.05, 4.69) is 42.5 Å². The third kappa shape index (κ3) is 2.34. The zero-order valence-corrected chi connectivity index (χ0v) is 12.2. The summed E-state index contributed by atoms with van der Waals surface area (Å²) < 4.78 is 5.69. The van der Waals surface area contributed by atoms with Crippen LogP contribution in [0.15, 0.2) is 42.5 Å². The average molecular weight is 279 g/mol. The zero-order valence-electron chi connectivity index (χ0n) is 12.2. The summed E-state index contributed by atoms with van der Waals surface area (Å²) in [6.45, 7) is 0.844. The van der Waals surface area contributed by atoms with Crippen LogP contribution >= 0.6 is 0 Å². The van der Waals surface area contributed by atoms with Crippen molar-refractivity contribution in [2.45, 2.75) is 31.7 Å². The Kier molecular flexibility index (Phi) is 3.19. The molecular formula is C19H21NO. The molecule has 108 valence electrons. The lowest BCUT2D eigenvalue weighted by Gasteiger charge is -2.23. The fourth-order valence-electron chi connectivity index (χ4n) is 3.71. The molecule has 0 aromatic heterocycles. The Bertz CT molecular complexity index is 639. The van der Waals surface area contributed by atoms with E-state index in [9.17, 15) is 0 Å². The van der Waals surface area contributed by atoms with Crippen LogP contribution in [0, 0.1) is 5.92 Å². The standard InChI is InChI=1S/C19H21NO/c20-19(17-10-13-4-1-2-5-14(13)11-17)16-7-8-18-15(12-16)6-3-9-21-18/h1-2,4-5,7-8,12,17,19H,3,6,9-11,20H2. The van der Waals surface area contributed by atoms with Crippen LogP contribution in [-0.2, 0) is 19.3 Å². The maximum atomic E-state index is 6.57.